The van der Waals surface area contributed by atoms with Crippen molar-refractivity contribution in [2.45, 2.75) is 12.8 Å². The number of likely N-dealkylation sites (tertiary alicyclic amines) is 1. The van der Waals surface area contributed by atoms with Crippen LogP contribution in [0.5, 0.6) is 0 Å². The molecule has 7 nitrogen and oxygen atoms in total. The zero-order valence-electron chi connectivity index (χ0n) is 12.7. The van der Waals surface area contributed by atoms with Crippen LogP contribution in [0, 0.1) is 5.92 Å². The molecular formula is C13H24N4O3. The van der Waals surface area contributed by atoms with E-state index < -0.39 is 0 Å². The Morgan fingerprint density at radius 2 is 1.95 bits per heavy atom. The quantitative estimate of drug-likeness (QED) is 0.431. The first kappa shape index (κ1) is 16.3. The summed E-state index contributed by atoms with van der Waals surface area (Å²) in [5.74, 6) is 0.521. The van der Waals surface area contributed by atoms with Crippen LogP contribution >= 0.6 is 0 Å². The van der Waals surface area contributed by atoms with Gasteiger partial charge in [0.25, 0.3) is 0 Å². The van der Waals surface area contributed by atoms with Crippen LogP contribution in [0.3, 0.4) is 0 Å². The first-order chi connectivity index (χ1) is 9.49. The summed E-state index contributed by atoms with van der Waals surface area (Å²) in [4.78, 5) is 30.8. The summed E-state index contributed by atoms with van der Waals surface area (Å²) in [6.45, 7) is 1.68. The molecule has 0 atom stereocenters. The van der Waals surface area contributed by atoms with Gasteiger partial charge in [-0.1, -0.05) is 0 Å². The summed E-state index contributed by atoms with van der Waals surface area (Å²) in [5.41, 5.74) is 0. The molecule has 1 rings (SSSR count). The minimum atomic E-state index is -0.143. The third-order valence-corrected chi connectivity index (χ3v) is 3.44. The number of ether oxygens (including phenoxy) is 1. The van der Waals surface area contributed by atoms with Gasteiger partial charge in [-0.25, -0.2) is 0 Å². The summed E-state index contributed by atoms with van der Waals surface area (Å²) in [6.07, 6.45) is 1.49. The number of hydrogen-bond acceptors (Lipinski definition) is 4. The second-order valence-electron chi connectivity index (χ2n) is 4.97. The number of amides is 1. The Hall–Kier alpha value is -1.79. The first-order valence-electron chi connectivity index (χ1n) is 6.73. The molecule has 1 fully saturated rings. The number of piperidine rings is 1. The monoisotopic (exact) mass is 284 g/mol. The van der Waals surface area contributed by atoms with E-state index >= 15 is 0 Å². The number of carbonyl (C=O) groups is 2. The van der Waals surface area contributed by atoms with E-state index in [1.54, 1.807) is 21.1 Å². The van der Waals surface area contributed by atoms with Gasteiger partial charge in [0.1, 0.15) is 0 Å². The average Bonchev–Trinajstić information content (AvgIpc) is 2.47. The van der Waals surface area contributed by atoms with E-state index in [2.05, 4.69) is 15.2 Å². The van der Waals surface area contributed by atoms with E-state index in [0.717, 1.165) is 25.9 Å². The zero-order chi connectivity index (χ0) is 15.1. The predicted molar refractivity (Wildman–Crippen MR) is 76.4 cm³/mol. The highest BCUT2D eigenvalue weighted by molar-refractivity contribution is 5.86. The Bertz CT molecular complexity index is 374. The van der Waals surface area contributed by atoms with Gasteiger partial charge in [0, 0.05) is 34.2 Å². The molecule has 1 N–H and O–H groups in total. The Morgan fingerprint density at radius 1 is 1.35 bits per heavy atom. The van der Waals surface area contributed by atoms with E-state index in [9.17, 15) is 9.59 Å². The summed E-state index contributed by atoms with van der Waals surface area (Å²) >= 11 is 0. The van der Waals surface area contributed by atoms with Crippen molar-refractivity contribution in [3.05, 3.63) is 0 Å². The fraction of sp³-hybridized carbons (Fsp3) is 0.769. The normalized spacial score (nSPS) is 16.8. The zero-order valence-corrected chi connectivity index (χ0v) is 12.7. The molecule has 0 unspecified atom stereocenters. The van der Waals surface area contributed by atoms with E-state index in [-0.39, 0.29) is 24.3 Å². The lowest BCUT2D eigenvalue weighted by Gasteiger charge is -2.33. The van der Waals surface area contributed by atoms with Crippen LogP contribution in [0.15, 0.2) is 4.99 Å². The van der Waals surface area contributed by atoms with Gasteiger partial charge in [-0.3, -0.25) is 14.6 Å². The fourth-order valence-electron chi connectivity index (χ4n) is 2.14. The van der Waals surface area contributed by atoms with E-state index in [4.69, 9.17) is 4.74 Å². The molecule has 0 bridgehead atoms. The largest absolute Gasteiger partial charge is 0.469 e. The van der Waals surface area contributed by atoms with Gasteiger partial charge in [0.2, 0.25) is 5.91 Å². The summed E-state index contributed by atoms with van der Waals surface area (Å²) < 4.78 is 4.76. The summed E-state index contributed by atoms with van der Waals surface area (Å²) in [6, 6.07) is 0. The van der Waals surface area contributed by atoms with Crippen LogP contribution in [0.25, 0.3) is 0 Å². The van der Waals surface area contributed by atoms with Crippen LogP contribution in [0.1, 0.15) is 12.8 Å². The Labute approximate surface area is 120 Å². The molecule has 0 aromatic carbocycles. The Kier molecular flexibility index (Phi) is 6.27. The second kappa shape index (κ2) is 7.72. The number of carbonyl (C=O) groups excluding carboxylic acids is 2. The standard InChI is InChI=1S/C13H24N4O3/c1-14-13(15-9-11(18)16(2)3)17-7-5-10(6-8-17)12(19)20-4/h10H,5-9H2,1-4H3,(H,14,15). The van der Waals surface area contributed by atoms with Crippen LogP contribution in [-0.2, 0) is 14.3 Å². The van der Waals surface area contributed by atoms with Gasteiger partial charge in [-0.05, 0) is 12.8 Å². The molecule has 1 aliphatic heterocycles. The Morgan fingerprint density at radius 3 is 2.40 bits per heavy atom. The molecule has 1 amide bonds. The number of guanidine groups is 1. The average molecular weight is 284 g/mol. The number of methoxy groups -OCH3 is 1. The molecule has 0 spiro atoms. The van der Waals surface area contributed by atoms with Gasteiger partial charge >= 0.3 is 5.97 Å². The highest BCUT2D eigenvalue weighted by Gasteiger charge is 2.27. The van der Waals surface area contributed by atoms with Gasteiger partial charge in [0.05, 0.1) is 19.6 Å². The first-order valence-corrected chi connectivity index (χ1v) is 6.73. The maximum absolute atomic E-state index is 11.6. The molecule has 0 radical (unpaired) electrons. The number of nitrogens with zero attached hydrogens (tertiary/aromatic N) is 3. The molecule has 0 aromatic rings. The molecule has 1 aliphatic rings. The lowest BCUT2D eigenvalue weighted by atomic mass is 9.97. The van der Waals surface area contributed by atoms with Crippen LogP contribution in [-0.4, -0.2) is 75.5 Å². The maximum atomic E-state index is 11.6. The fourth-order valence-corrected chi connectivity index (χ4v) is 2.14. The van der Waals surface area contributed by atoms with Crippen molar-refractivity contribution in [3.63, 3.8) is 0 Å². The van der Waals surface area contributed by atoms with Crippen molar-refractivity contribution in [1.82, 2.24) is 15.1 Å². The van der Waals surface area contributed by atoms with Crippen molar-refractivity contribution < 1.29 is 14.3 Å². The highest BCUT2D eigenvalue weighted by atomic mass is 16.5. The third kappa shape index (κ3) is 4.40. The molecular weight excluding hydrogens is 260 g/mol. The lowest BCUT2D eigenvalue weighted by molar-refractivity contribution is -0.146. The van der Waals surface area contributed by atoms with Crippen molar-refractivity contribution in [3.8, 4) is 0 Å². The number of likely N-dealkylation sites (N-methyl/N-ethyl adjacent to an activating group) is 1. The number of aliphatic imine (C=N–C) groups is 1. The van der Waals surface area contributed by atoms with Crippen molar-refractivity contribution in [2.75, 3.05) is 47.9 Å². The minimum absolute atomic E-state index is 0.00408. The van der Waals surface area contributed by atoms with Gasteiger partial charge < -0.3 is 19.9 Å². The van der Waals surface area contributed by atoms with Crippen molar-refractivity contribution in [1.29, 1.82) is 0 Å². The number of rotatable bonds is 3. The highest BCUT2D eigenvalue weighted by Crippen LogP contribution is 2.18. The van der Waals surface area contributed by atoms with Crippen LogP contribution in [0.2, 0.25) is 0 Å². The number of esters is 1. The SMILES string of the molecule is CN=C(NCC(=O)N(C)C)N1CCC(C(=O)OC)CC1. The summed E-state index contributed by atoms with van der Waals surface area (Å²) in [5, 5.41) is 3.05. The topological polar surface area (TPSA) is 74.2 Å². The predicted octanol–water partition coefficient (Wildman–Crippen LogP) is -0.465. The van der Waals surface area contributed by atoms with Crippen LogP contribution in [0.4, 0.5) is 0 Å². The summed E-state index contributed by atoms with van der Waals surface area (Å²) in [7, 11) is 6.54. The van der Waals surface area contributed by atoms with Gasteiger partial charge in [-0.2, -0.15) is 0 Å². The van der Waals surface area contributed by atoms with Gasteiger partial charge in [0.15, 0.2) is 5.96 Å². The Balaban J connectivity index is 2.45. The lowest BCUT2D eigenvalue weighted by Crippen LogP contribution is -2.48. The second-order valence-corrected chi connectivity index (χ2v) is 4.97. The van der Waals surface area contributed by atoms with E-state index in [1.165, 1.54) is 12.0 Å². The molecule has 0 saturated carbocycles. The number of nitrogens with one attached hydrogen (secondary N) is 1. The van der Waals surface area contributed by atoms with Crippen molar-refractivity contribution in [2.24, 2.45) is 10.9 Å². The maximum Gasteiger partial charge on any atom is 0.308 e. The molecule has 20 heavy (non-hydrogen) atoms. The molecule has 1 heterocycles. The molecule has 7 heteroatoms. The molecule has 1 saturated heterocycles. The molecule has 114 valence electrons. The van der Waals surface area contributed by atoms with E-state index in [1.807, 2.05) is 0 Å². The minimum Gasteiger partial charge on any atom is -0.469 e. The molecule has 0 aliphatic carbocycles. The van der Waals surface area contributed by atoms with Crippen LogP contribution < -0.4 is 5.32 Å². The number of hydrogen-bond donors (Lipinski definition) is 1. The smallest absolute Gasteiger partial charge is 0.308 e. The van der Waals surface area contributed by atoms with Gasteiger partial charge in [-0.15, -0.1) is 0 Å². The molecule has 0 aromatic heterocycles. The third-order valence-electron chi connectivity index (χ3n) is 3.44. The van der Waals surface area contributed by atoms with E-state index in [0.29, 0.717) is 5.96 Å². The van der Waals surface area contributed by atoms with Crippen molar-refractivity contribution >= 4 is 17.8 Å².